The Bertz CT molecular complexity index is 901. The highest BCUT2D eigenvalue weighted by molar-refractivity contribution is 5.80. The largest absolute Gasteiger partial charge is 0.381 e. The Labute approximate surface area is 183 Å². The highest BCUT2D eigenvalue weighted by Gasteiger charge is 2.37. The predicted molar refractivity (Wildman–Crippen MR) is 118 cm³/mol. The smallest absolute Gasteiger partial charge is 0.226 e. The molecular formula is C23H32N6O2. The number of anilines is 1. The third-order valence-corrected chi connectivity index (χ3v) is 7.20. The number of nitrogens with zero attached hydrogens (tertiary/aromatic N) is 5. The second kappa shape index (κ2) is 8.94. The van der Waals surface area contributed by atoms with Crippen molar-refractivity contribution in [1.29, 1.82) is 0 Å². The molecule has 1 aliphatic carbocycles. The van der Waals surface area contributed by atoms with Crippen LogP contribution < -0.4 is 4.90 Å². The van der Waals surface area contributed by atoms with Gasteiger partial charge in [0, 0.05) is 44.4 Å². The van der Waals surface area contributed by atoms with E-state index in [1.165, 1.54) is 12.8 Å². The van der Waals surface area contributed by atoms with Crippen molar-refractivity contribution < 1.29 is 9.53 Å². The van der Waals surface area contributed by atoms with Gasteiger partial charge in [-0.15, -0.1) is 0 Å². The van der Waals surface area contributed by atoms with E-state index < -0.39 is 0 Å². The zero-order valence-corrected chi connectivity index (χ0v) is 18.3. The normalized spacial score (nSPS) is 26.5. The highest BCUT2D eigenvalue weighted by Crippen LogP contribution is 2.39. The van der Waals surface area contributed by atoms with Gasteiger partial charge in [-0.1, -0.05) is 0 Å². The van der Waals surface area contributed by atoms with Gasteiger partial charge in [0.15, 0.2) is 0 Å². The number of carbonyl (C=O) groups is 1. The van der Waals surface area contributed by atoms with Crippen molar-refractivity contribution >= 4 is 11.9 Å². The minimum Gasteiger partial charge on any atom is -0.381 e. The predicted octanol–water partition coefficient (Wildman–Crippen LogP) is 3.34. The monoisotopic (exact) mass is 424 g/mol. The molecule has 0 bridgehead atoms. The summed E-state index contributed by atoms with van der Waals surface area (Å²) in [5.41, 5.74) is 2.86. The number of carbonyl (C=O) groups excluding carboxylic acids is 1. The Kier molecular flexibility index (Phi) is 5.89. The van der Waals surface area contributed by atoms with Crippen LogP contribution >= 0.6 is 0 Å². The second-order valence-corrected chi connectivity index (χ2v) is 9.03. The van der Waals surface area contributed by atoms with E-state index >= 15 is 0 Å². The molecule has 1 atom stereocenters. The lowest BCUT2D eigenvalue weighted by atomic mass is 9.86. The molecule has 8 nitrogen and oxygen atoms in total. The number of ether oxygens (including phenoxy) is 1. The summed E-state index contributed by atoms with van der Waals surface area (Å²) in [6, 6.07) is 1.98. The fourth-order valence-corrected chi connectivity index (χ4v) is 5.43. The van der Waals surface area contributed by atoms with Crippen LogP contribution in [-0.4, -0.2) is 63.8 Å². The molecule has 0 aromatic carbocycles. The lowest BCUT2D eigenvalue weighted by molar-refractivity contribution is -0.138. The van der Waals surface area contributed by atoms with Gasteiger partial charge in [0.1, 0.15) is 0 Å². The van der Waals surface area contributed by atoms with Crippen LogP contribution in [-0.2, 0) is 9.53 Å². The molecule has 3 fully saturated rings. The van der Waals surface area contributed by atoms with E-state index in [0.717, 1.165) is 81.1 Å². The number of aromatic nitrogens is 4. The number of aromatic amines is 1. The van der Waals surface area contributed by atoms with Crippen molar-refractivity contribution in [1.82, 2.24) is 25.1 Å². The molecule has 1 saturated carbocycles. The number of hydrogen-bond donors (Lipinski definition) is 1. The van der Waals surface area contributed by atoms with E-state index in [-0.39, 0.29) is 17.9 Å². The Morgan fingerprint density at radius 3 is 2.68 bits per heavy atom. The number of hydrogen-bond acceptors (Lipinski definition) is 6. The lowest BCUT2D eigenvalue weighted by Gasteiger charge is -2.32. The number of H-pyrrole nitrogens is 1. The van der Waals surface area contributed by atoms with Crippen LogP contribution in [0.1, 0.15) is 63.1 Å². The van der Waals surface area contributed by atoms with E-state index in [1.54, 1.807) is 7.11 Å². The Hall–Kier alpha value is -2.48. The molecule has 0 radical (unpaired) electrons. The van der Waals surface area contributed by atoms with Crippen LogP contribution in [0, 0.1) is 5.92 Å². The first-order valence-corrected chi connectivity index (χ1v) is 11.7. The molecule has 5 rings (SSSR count). The number of nitrogens with one attached hydrogen (secondary N) is 1. The molecule has 2 aromatic rings. The number of rotatable bonds is 5. The van der Waals surface area contributed by atoms with Crippen molar-refractivity contribution in [3.05, 3.63) is 24.2 Å². The molecule has 166 valence electrons. The van der Waals surface area contributed by atoms with Crippen molar-refractivity contribution in [3.8, 4) is 11.3 Å². The average Bonchev–Trinajstić information content (AvgIpc) is 3.59. The molecule has 4 heterocycles. The van der Waals surface area contributed by atoms with Crippen LogP contribution in [0.15, 0.2) is 18.5 Å². The van der Waals surface area contributed by atoms with Gasteiger partial charge in [-0.05, 0) is 57.4 Å². The fourth-order valence-electron chi connectivity index (χ4n) is 5.43. The van der Waals surface area contributed by atoms with Gasteiger partial charge in [-0.2, -0.15) is 5.10 Å². The van der Waals surface area contributed by atoms with E-state index in [4.69, 9.17) is 9.72 Å². The maximum atomic E-state index is 13.4. The molecule has 1 amide bonds. The third-order valence-electron chi connectivity index (χ3n) is 7.20. The van der Waals surface area contributed by atoms with Gasteiger partial charge in [0.25, 0.3) is 0 Å². The number of likely N-dealkylation sites (tertiary alicyclic amines) is 1. The highest BCUT2D eigenvalue weighted by atomic mass is 16.5. The van der Waals surface area contributed by atoms with Crippen molar-refractivity contribution in [2.24, 2.45) is 5.92 Å². The van der Waals surface area contributed by atoms with Crippen LogP contribution in [0.5, 0.6) is 0 Å². The summed E-state index contributed by atoms with van der Waals surface area (Å²) in [4.78, 5) is 27.0. The molecule has 0 unspecified atom stereocenters. The van der Waals surface area contributed by atoms with Gasteiger partial charge in [0.2, 0.25) is 11.9 Å². The quantitative estimate of drug-likeness (QED) is 0.792. The Morgan fingerprint density at radius 2 is 1.90 bits per heavy atom. The SMILES string of the molecule is COC1CCC(C(=O)N2CCC[C@@H]2c2[nH]ncc2-c2ccnc(N3CCCC3)n2)CC1. The van der Waals surface area contributed by atoms with Crippen molar-refractivity contribution in [2.45, 2.75) is 63.5 Å². The zero-order valence-electron chi connectivity index (χ0n) is 18.3. The van der Waals surface area contributed by atoms with Crippen LogP contribution in [0.4, 0.5) is 5.95 Å². The molecule has 3 aliphatic rings. The molecule has 2 saturated heterocycles. The van der Waals surface area contributed by atoms with Crippen molar-refractivity contribution in [2.75, 3.05) is 31.6 Å². The Balaban J connectivity index is 1.36. The van der Waals surface area contributed by atoms with E-state index in [9.17, 15) is 4.79 Å². The average molecular weight is 425 g/mol. The fraction of sp³-hybridized carbons (Fsp3) is 0.652. The first-order valence-electron chi connectivity index (χ1n) is 11.7. The second-order valence-electron chi connectivity index (χ2n) is 9.03. The van der Waals surface area contributed by atoms with Gasteiger partial charge < -0.3 is 14.5 Å². The molecule has 31 heavy (non-hydrogen) atoms. The van der Waals surface area contributed by atoms with Gasteiger partial charge in [0.05, 0.1) is 29.7 Å². The van der Waals surface area contributed by atoms with E-state index in [2.05, 4.69) is 25.0 Å². The molecule has 1 N–H and O–H groups in total. The maximum Gasteiger partial charge on any atom is 0.226 e. The van der Waals surface area contributed by atoms with Gasteiger partial charge in [-0.3, -0.25) is 9.89 Å². The third kappa shape index (κ3) is 4.05. The minimum absolute atomic E-state index is 0.0374. The van der Waals surface area contributed by atoms with E-state index in [1.807, 2.05) is 18.5 Å². The van der Waals surface area contributed by atoms with Crippen LogP contribution in [0.3, 0.4) is 0 Å². The first kappa shape index (κ1) is 20.4. The summed E-state index contributed by atoms with van der Waals surface area (Å²) < 4.78 is 5.48. The van der Waals surface area contributed by atoms with Crippen molar-refractivity contribution in [3.63, 3.8) is 0 Å². The lowest BCUT2D eigenvalue weighted by Crippen LogP contribution is -2.38. The van der Waals surface area contributed by atoms with Gasteiger partial charge >= 0.3 is 0 Å². The Morgan fingerprint density at radius 1 is 1.10 bits per heavy atom. The molecule has 0 spiro atoms. The topological polar surface area (TPSA) is 87.2 Å². The number of methoxy groups -OCH3 is 1. The number of amides is 1. The minimum atomic E-state index is 0.0374. The summed E-state index contributed by atoms with van der Waals surface area (Å²) in [5.74, 6) is 1.19. The molecular weight excluding hydrogens is 392 g/mol. The summed E-state index contributed by atoms with van der Waals surface area (Å²) in [6.45, 7) is 2.84. The summed E-state index contributed by atoms with van der Waals surface area (Å²) in [5, 5.41) is 7.55. The molecule has 8 heteroatoms. The maximum absolute atomic E-state index is 13.4. The zero-order chi connectivity index (χ0) is 21.2. The van der Waals surface area contributed by atoms with Crippen LogP contribution in [0.25, 0.3) is 11.3 Å². The molecule has 2 aromatic heterocycles. The summed E-state index contributed by atoms with van der Waals surface area (Å²) >= 11 is 0. The van der Waals surface area contributed by atoms with Crippen LogP contribution in [0.2, 0.25) is 0 Å². The van der Waals surface area contributed by atoms with Gasteiger partial charge in [-0.25, -0.2) is 9.97 Å². The summed E-state index contributed by atoms with van der Waals surface area (Å²) in [7, 11) is 1.77. The first-order chi connectivity index (χ1) is 15.2. The standard InChI is InChI=1S/C23H32N6O2/c1-31-17-8-6-16(7-9-17)22(30)29-14-4-5-20(29)21-18(15-25-27-21)19-10-11-24-23(26-19)28-12-2-3-13-28/h10-11,15-17,20H,2-9,12-14H2,1H3,(H,25,27)/t16?,17?,20-/m1/s1. The molecule has 2 aliphatic heterocycles. The summed E-state index contributed by atoms with van der Waals surface area (Å²) in [6.07, 6.45) is 12.1. The van der Waals surface area contributed by atoms with E-state index in [0.29, 0.717) is 6.10 Å².